The molecule has 0 saturated carbocycles. The standard InChI is InChI=1S/C6H15N.C4H10O.CH4O.H2O/c1-4-7(5-2)6-3;1-2-3-4-5;1-2;/h4-6H2,1-3H3;5H,2-4H2,1H3;2H,1H3;1H2. The van der Waals surface area contributed by atoms with E-state index in [1.54, 1.807) is 0 Å². The van der Waals surface area contributed by atoms with Gasteiger partial charge in [-0.15, -0.1) is 0 Å². The Bertz CT molecular complexity index is 61.3. The maximum atomic E-state index is 8.07. The molecule has 0 aromatic rings. The van der Waals surface area contributed by atoms with Crippen LogP contribution in [0.4, 0.5) is 0 Å². The van der Waals surface area contributed by atoms with E-state index in [4.69, 9.17) is 10.2 Å². The minimum Gasteiger partial charge on any atom is -0.412 e. The first-order chi connectivity index (χ1) is 6.76. The normalized spacial score (nSPS) is 8.00. The fourth-order valence-electron chi connectivity index (χ4n) is 0.829. The molecule has 15 heavy (non-hydrogen) atoms. The number of unbranched alkanes of at least 4 members (excludes halogenated alkanes) is 1. The molecule has 0 aliphatic heterocycles. The number of rotatable bonds is 5. The third kappa shape index (κ3) is 31.6. The molecule has 4 nitrogen and oxygen atoms in total. The van der Waals surface area contributed by atoms with Crippen molar-refractivity contribution in [1.29, 1.82) is 0 Å². The molecular weight excluding hydrogens is 194 g/mol. The van der Waals surface area contributed by atoms with Crippen LogP contribution in [0.3, 0.4) is 0 Å². The second-order valence-corrected chi connectivity index (χ2v) is 2.70. The van der Waals surface area contributed by atoms with E-state index in [1.165, 1.54) is 19.6 Å². The van der Waals surface area contributed by atoms with E-state index >= 15 is 0 Å². The van der Waals surface area contributed by atoms with Crippen molar-refractivity contribution in [1.82, 2.24) is 4.90 Å². The van der Waals surface area contributed by atoms with Crippen LogP contribution in [0.15, 0.2) is 0 Å². The molecule has 4 heteroatoms. The third-order valence-corrected chi connectivity index (χ3v) is 1.85. The lowest BCUT2D eigenvalue weighted by Gasteiger charge is -2.13. The number of aliphatic hydroxyl groups excluding tert-OH is 2. The molecule has 0 radical (unpaired) electrons. The van der Waals surface area contributed by atoms with E-state index in [-0.39, 0.29) is 5.48 Å². The molecule has 4 N–H and O–H groups in total. The summed E-state index contributed by atoms with van der Waals surface area (Å²) in [5, 5.41) is 15.1. The molecule has 0 heterocycles. The van der Waals surface area contributed by atoms with Crippen LogP contribution in [0.1, 0.15) is 40.5 Å². The Morgan fingerprint density at radius 1 is 0.867 bits per heavy atom. The summed E-state index contributed by atoms with van der Waals surface area (Å²) in [5.74, 6) is 0. The molecule has 0 aliphatic carbocycles. The number of nitrogens with zero attached hydrogens (tertiary/aromatic N) is 1. The molecule has 0 rings (SSSR count). The number of hydrogen-bond donors (Lipinski definition) is 2. The largest absolute Gasteiger partial charge is 0.412 e. The monoisotopic (exact) mass is 225 g/mol. The van der Waals surface area contributed by atoms with Gasteiger partial charge in [-0.05, 0) is 26.1 Å². The van der Waals surface area contributed by atoms with Crippen molar-refractivity contribution in [2.24, 2.45) is 0 Å². The number of hydrogen-bond acceptors (Lipinski definition) is 3. The van der Waals surface area contributed by atoms with Gasteiger partial charge in [-0.25, -0.2) is 0 Å². The van der Waals surface area contributed by atoms with Gasteiger partial charge in [-0.3, -0.25) is 0 Å². The minimum absolute atomic E-state index is 0. The van der Waals surface area contributed by atoms with E-state index in [2.05, 4.69) is 32.6 Å². The van der Waals surface area contributed by atoms with Gasteiger partial charge in [0.15, 0.2) is 0 Å². The molecule has 0 aromatic carbocycles. The molecule has 98 valence electrons. The predicted molar refractivity (Wildman–Crippen MR) is 67.2 cm³/mol. The summed E-state index contributed by atoms with van der Waals surface area (Å²) in [6.45, 7) is 12.5. The van der Waals surface area contributed by atoms with Crippen molar-refractivity contribution >= 4 is 0 Å². The SMILES string of the molecule is CCCCO.CCN(CC)CC.CO.O. The van der Waals surface area contributed by atoms with Crippen molar-refractivity contribution in [2.75, 3.05) is 33.4 Å². The van der Waals surface area contributed by atoms with E-state index in [0.717, 1.165) is 20.0 Å². The summed E-state index contributed by atoms with van der Waals surface area (Å²) < 4.78 is 0. The van der Waals surface area contributed by atoms with Gasteiger partial charge in [0.25, 0.3) is 0 Å². The van der Waals surface area contributed by atoms with Crippen LogP contribution in [0, 0.1) is 0 Å². The highest BCUT2D eigenvalue weighted by atomic mass is 16.3. The topological polar surface area (TPSA) is 75.2 Å². The second kappa shape index (κ2) is 29.2. The van der Waals surface area contributed by atoms with Crippen LogP contribution >= 0.6 is 0 Å². The Kier molecular flexibility index (Phi) is 47.1. The summed E-state index contributed by atoms with van der Waals surface area (Å²) in [6.07, 6.45) is 2.04. The van der Waals surface area contributed by atoms with Gasteiger partial charge < -0.3 is 20.6 Å². The van der Waals surface area contributed by atoms with Crippen LogP contribution in [0.5, 0.6) is 0 Å². The average Bonchev–Trinajstić information content (AvgIpc) is 2.25. The first-order valence-electron chi connectivity index (χ1n) is 5.54. The predicted octanol–water partition coefficient (Wildman–Crippen LogP) is 0.911. The Hall–Kier alpha value is -0.160. The smallest absolute Gasteiger partial charge is 0.0430 e. The highest BCUT2D eigenvalue weighted by Gasteiger charge is 1.89. The maximum absolute atomic E-state index is 8.07. The van der Waals surface area contributed by atoms with Gasteiger partial charge in [0.1, 0.15) is 0 Å². The van der Waals surface area contributed by atoms with Crippen LogP contribution in [-0.2, 0) is 0 Å². The third-order valence-electron chi connectivity index (χ3n) is 1.85. The molecule has 0 aliphatic rings. The highest BCUT2D eigenvalue weighted by molar-refractivity contribution is 4.43. The van der Waals surface area contributed by atoms with Crippen LogP contribution in [-0.4, -0.2) is 53.9 Å². The average molecular weight is 225 g/mol. The van der Waals surface area contributed by atoms with Crippen LogP contribution in [0.2, 0.25) is 0 Å². The summed E-state index contributed by atoms with van der Waals surface area (Å²) >= 11 is 0. The van der Waals surface area contributed by atoms with Crippen molar-refractivity contribution in [3.05, 3.63) is 0 Å². The lowest BCUT2D eigenvalue weighted by molar-refractivity contribution is 0.287. The second-order valence-electron chi connectivity index (χ2n) is 2.70. The van der Waals surface area contributed by atoms with Crippen molar-refractivity contribution in [2.45, 2.75) is 40.5 Å². The zero-order chi connectivity index (χ0) is 11.8. The summed E-state index contributed by atoms with van der Waals surface area (Å²) in [6, 6.07) is 0. The first kappa shape index (κ1) is 24.2. The Morgan fingerprint density at radius 2 is 1.20 bits per heavy atom. The number of aliphatic hydroxyl groups is 2. The quantitative estimate of drug-likeness (QED) is 0.730. The van der Waals surface area contributed by atoms with Gasteiger partial charge in [0.2, 0.25) is 0 Å². The Morgan fingerprint density at radius 3 is 1.20 bits per heavy atom. The van der Waals surface area contributed by atoms with E-state index in [1.807, 2.05) is 0 Å². The highest BCUT2D eigenvalue weighted by Crippen LogP contribution is 1.81. The molecule has 0 fully saturated rings. The van der Waals surface area contributed by atoms with Gasteiger partial charge in [0, 0.05) is 13.7 Å². The summed E-state index contributed by atoms with van der Waals surface area (Å²) in [4.78, 5) is 2.38. The lowest BCUT2D eigenvalue weighted by atomic mass is 10.4. The first-order valence-corrected chi connectivity index (χ1v) is 5.54. The van der Waals surface area contributed by atoms with Crippen LogP contribution in [0.25, 0.3) is 0 Å². The zero-order valence-corrected chi connectivity index (χ0v) is 11.1. The van der Waals surface area contributed by atoms with E-state index in [9.17, 15) is 0 Å². The van der Waals surface area contributed by atoms with Crippen molar-refractivity contribution in [3.8, 4) is 0 Å². The zero-order valence-electron chi connectivity index (χ0n) is 11.1. The molecule has 0 amide bonds. The van der Waals surface area contributed by atoms with Crippen molar-refractivity contribution in [3.63, 3.8) is 0 Å². The van der Waals surface area contributed by atoms with Crippen LogP contribution < -0.4 is 0 Å². The lowest BCUT2D eigenvalue weighted by Crippen LogP contribution is -2.21. The van der Waals surface area contributed by atoms with Gasteiger partial charge in [-0.1, -0.05) is 34.1 Å². The molecule has 0 saturated heterocycles. The molecule has 0 spiro atoms. The Balaban J connectivity index is -0.0000000675. The van der Waals surface area contributed by atoms with Crippen molar-refractivity contribution < 1.29 is 15.7 Å². The molecule has 0 aromatic heterocycles. The van der Waals surface area contributed by atoms with Gasteiger partial charge in [0.05, 0.1) is 0 Å². The van der Waals surface area contributed by atoms with Gasteiger partial charge in [-0.2, -0.15) is 0 Å². The van der Waals surface area contributed by atoms with E-state index in [0.29, 0.717) is 6.61 Å². The molecule has 0 atom stereocenters. The van der Waals surface area contributed by atoms with E-state index < -0.39 is 0 Å². The Labute approximate surface area is 95.2 Å². The maximum Gasteiger partial charge on any atom is 0.0430 e. The summed E-state index contributed by atoms with van der Waals surface area (Å²) in [7, 11) is 1.00. The molecular formula is C11H31NO3. The minimum atomic E-state index is 0. The molecule has 0 bridgehead atoms. The fourth-order valence-corrected chi connectivity index (χ4v) is 0.829. The summed E-state index contributed by atoms with van der Waals surface area (Å²) in [5.41, 5.74) is 0. The molecule has 0 unspecified atom stereocenters. The van der Waals surface area contributed by atoms with Gasteiger partial charge >= 0.3 is 0 Å². The fraction of sp³-hybridized carbons (Fsp3) is 1.00.